The molecule has 1 saturated carbocycles. The Labute approximate surface area is 97.0 Å². The number of ether oxygens (including phenoxy) is 1. The number of nitrogens with one attached hydrogen (secondary N) is 1. The molecule has 1 aliphatic carbocycles. The number of hydrogen-bond acceptors (Lipinski definition) is 4. The van der Waals surface area contributed by atoms with Gasteiger partial charge in [0.25, 0.3) is 0 Å². The van der Waals surface area contributed by atoms with E-state index in [4.69, 9.17) is 4.74 Å². The van der Waals surface area contributed by atoms with Crippen LogP contribution in [0.15, 0.2) is 0 Å². The van der Waals surface area contributed by atoms with Gasteiger partial charge in [-0.05, 0) is 12.8 Å². The lowest BCUT2D eigenvalue weighted by molar-refractivity contribution is 0.0178. The van der Waals surface area contributed by atoms with Crippen LogP contribution in [0.1, 0.15) is 38.5 Å². The van der Waals surface area contributed by atoms with E-state index in [2.05, 4.69) is 5.32 Å². The van der Waals surface area contributed by atoms with E-state index < -0.39 is 5.60 Å². The van der Waals surface area contributed by atoms with Crippen LogP contribution in [0.2, 0.25) is 0 Å². The molecule has 16 heavy (non-hydrogen) atoms. The predicted octanol–water partition coefficient (Wildman–Crippen LogP) is 0.421. The smallest absolute Gasteiger partial charge is 0.103 e. The van der Waals surface area contributed by atoms with Gasteiger partial charge in [0.05, 0.1) is 12.7 Å². The van der Waals surface area contributed by atoms with Crippen LogP contribution in [0.5, 0.6) is 0 Å². The highest BCUT2D eigenvalue weighted by atomic mass is 16.5. The van der Waals surface area contributed by atoms with Gasteiger partial charge in [-0.2, -0.15) is 0 Å². The van der Waals surface area contributed by atoms with Crippen molar-refractivity contribution in [2.75, 3.05) is 19.8 Å². The number of aliphatic hydroxyl groups excluding tert-OH is 1. The Kier molecular flexibility index (Phi) is 4.19. The Morgan fingerprint density at radius 2 is 2.06 bits per heavy atom. The van der Waals surface area contributed by atoms with E-state index in [9.17, 15) is 10.2 Å². The molecule has 94 valence electrons. The molecule has 4 nitrogen and oxygen atoms in total. The minimum atomic E-state index is -0.716. The lowest BCUT2D eigenvalue weighted by atomic mass is 10.0. The standard InChI is InChI=1S/C12H23NO3/c14-11-5-3-1-2-4-10(11)13-8-12(15)6-7-16-9-12/h10-11,13-15H,1-9H2. The first-order chi connectivity index (χ1) is 7.70. The molecule has 2 aliphatic rings. The number of hydrogen-bond donors (Lipinski definition) is 3. The lowest BCUT2D eigenvalue weighted by Crippen LogP contribution is -2.48. The average molecular weight is 229 g/mol. The van der Waals surface area contributed by atoms with Gasteiger partial charge in [-0.15, -0.1) is 0 Å². The molecule has 0 aromatic rings. The SMILES string of the molecule is OC1CCCCCC1NCC1(O)CCOC1. The summed E-state index contributed by atoms with van der Waals surface area (Å²) >= 11 is 0. The molecule has 0 spiro atoms. The van der Waals surface area contributed by atoms with E-state index in [0.717, 1.165) is 19.3 Å². The van der Waals surface area contributed by atoms with Gasteiger partial charge in [-0.25, -0.2) is 0 Å². The van der Waals surface area contributed by atoms with Crippen LogP contribution in [-0.2, 0) is 4.74 Å². The van der Waals surface area contributed by atoms with E-state index >= 15 is 0 Å². The second-order valence-corrected chi connectivity index (χ2v) is 5.22. The van der Waals surface area contributed by atoms with Crippen molar-refractivity contribution in [1.29, 1.82) is 0 Å². The van der Waals surface area contributed by atoms with Gasteiger partial charge in [-0.1, -0.05) is 19.3 Å². The topological polar surface area (TPSA) is 61.7 Å². The fourth-order valence-electron chi connectivity index (χ4n) is 2.58. The van der Waals surface area contributed by atoms with Crippen molar-refractivity contribution in [2.45, 2.75) is 56.3 Å². The summed E-state index contributed by atoms with van der Waals surface area (Å²) in [5.41, 5.74) is -0.716. The minimum Gasteiger partial charge on any atom is -0.392 e. The van der Waals surface area contributed by atoms with Gasteiger partial charge in [-0.3, -0.25) is 0 Å². The zero-order chi connectivity index (χ0) is 11.4. The van der Waals surface area contributed by atoms with Crippen LogP contribution in [-0.4, -0.2) is 47.7 Å². The van der Waals surface area contributed by atoms with Gasteiger partial charge in [0, 0.05) is 25.6 Å². The fraction of sp³-hybridized carbons (Fsp3) is 1.00. The lowest BCUT2D eigenvalue weighted by Gasteiger charge is -2.27. The molecule has 1 heterocycles. The van der Waals surface area contributed by atoms with Crippen molar-refractivity contribution in [2.24, 2.45) is 0 Å². The molecule has 3 atom stereocenters. The third kappa shape index (κ3) is 3.17. The second-order valence-electron chi connectivity index (χ2n) is 5.22. The molecule has 0 aromatic carbocycles. The Hall–Kier alpha value is -0.160. The monoisotopic (exact) mass is 229 g/mol. The third-order valence-electron chi connectivity index (χ3n) is 3.76. The van der Waals surface area contributed by atoms with Gasteiger partial charge >= 0.3 is 0 Å². The zero-order valence-corrected chi connectivity index (χ0v) is 9.82. The fourth-order valence-corrected chi connectivity index (χ4v) is 2.58. The Morgan fingerprint density at radius 3 is 2.81 bits per heavy atom. The van der Waals surface area contributed by atoms with Crippen molar-refractivity contribution >= 4 is 0 Å². The van der Waals surface area contributed by atoms with Crippen molar-refractivity contribution in [3.63, 3.8) is 0 Å². The summed E-state index contributed by atoms with van der Waals surface area (Å²) in [7, 11) is 0. The van der Waals surface area contributed by atoms with Gasteiger partial charge < -0.3 is 20.3 Å². The van der Waals surface area contributed by atoms with Gasteiger partial charge in [0.15, 0.2) is 0 Å². The average Bonchev–Trinajstić information content (AvgIpc) is 2.58. The maximum atomic E-state index is 10.1. The largest absolute Gasteiger partial charge is 0.392 e. The van der Waals surface area contributed by atoms with Crippen LogP contribution in [0, 0.1) is 0 Å². The highest BCUT2D eigenvalue weighted by molar-refractivity contribution is 4.88. The normalized spacial score (nSPS) is 40.9. The molecule has 0 aromatic heterocycles. The maximum Gasteiger partial charge on any atom is 0.103 e. The summed E-state index contributed by atoms with van der Waals surface area (Å²) in [5.74, 6) is 0. The summed E-state index contributed by atoms with van der Waals surface area (Å²) in [5, 5.41) is 23.4. The molecule has 2 rings (SSSR count). The van der Waals surface area contributed by atoms with Crippen LogP contribution in [0.25, 0.3) is 0 Å². The highest BCUT2D eigenvalue weighted by Crippen LogP contribution is 2.21. The maximum absolute atomic E-state index is 10.1. The predicted molar refractivity (Wildman–Crippen MR) is 61.3 cm³/mol. The van der Waals surface area contributed by atoms with E-state index in [1.807, 2.05) is 0 Å². The van der Waals surface area contributed by atoms with Crippen molar-refractivity contribution < 1.29 is 14.9 Å². The molecule has 3 unspecified atom stereocenters. The first-order valence-electron chi connectivity index (χ1n) is 6.41. The van der Waals surface area contributed by atoms with Gasteiger partial charge in [0.2, 0.25) is 0 Å². The molecule has 1 saturated heterocycles. The molecular formula is C12H23NO3. The Morgan fingerprint density at radius 1 is 1.25 bits per heavy atom. The molecule has 2 fully saturated rings. The van der Waals surface area contributed by atoms with Crippen molar-refractivity contribution in [3.05, 3.63) is 0 Å². The van der Waals surface area contributed by atoms with Gasteiger partial charge in [0.1, 0.15) is 5.60 Å². The first kappa shape index (κ1) is 12.3. The molecule has 0 radical (unpaired) electrons. The summed E-state index contributed by atoms with van der Waals surface area (Å²) in [6.07, 6.45) is 5.83. The van der Waals surface area contributed by atoms with Crippen LogP contribution in [0.4, 0.5) is 0 Å². The summed E-state index contributed by atoms with van der Waals surface area (Å²) in [4.78, 5) is 0. The van der Waals surface area contributed by atoms with E-state index in [1.54, 1.807) is 0 Å². The van der Waals surface area contributed by atoms with Crippen LogP contribution >= 0.6 is 0 Å². The summed E-state index contributed by atoms with van der Waals surface area (Å²) in [6, 6.07) is 0.145. The van der Waals surface area contributed by atoms with Crippen molar-refractivity contribution in [3.8, 4) is 0 Å². The van der Waals surface area contributed by atoms with E-state index in [1.165, 1.54) is 12.8 Å². The highest BCUT2D eigenvalue weighted by Gasteiger charge is 2.33. The van der Waals surface area contributed by atoms with Crippen molar-refractivity contribution in [1.82, 2.24) is 5.32 Å². The molecule has 1 aliphatic heterocycles. The molecular weight excluding hydrogens is 206 g/mol. The molecule has 3 N–H and O–H groups in total. The Bertz CT molecular complexity index is 216. The molecule has 0 bridgehead atoms. The number of rotatable bonds is 3. The quantitative estimate of drug-likeness (QED) is 0.614. The molecule has 4 heteroatoms. The third-order valence-corrected chi connectivity index (χ3v) is 3.76. The van der Waals surface area contributed by atoms with Crippen LogP contribution < -0.4 is 5.32 Å². The second kappa shape index (κ2) is 5.45. The Balaban J connectivity index is 1.79. The molecule has 0 amide bonds. The van der Waals surface area contributed by atoms with E-state index in [0.29, 0.717) is 26.2 Å². The zero-order valence-electron chi connectivity index (χ0n) is 9.82. The van der Waals surface area contributed by atoms with E-state index in [-0.39, 0.29) is 12.1 Å². The minimum absolute atomic E-state index is 0.145. The first-order valence-corrected chi connectivity index (χ1v) is 6.41. The summed E-state index contributed by atoms with van der Waals surface area (Å²) < 4.78 is 5.20. The van der Waals surface area contributed by atoms with Crippen LogP contribution in [0.3, 0.4) is 0 Å². The summed E-state index contributed by atoms with van der Waals surface area (Å²) in [6.45, 7) is 1.60. The number of aliphatic hydroxyl groups is 2.